The third-order valence-electron chi connectivity index (χ3n) is 5.19. The fourth-order valence-corrected chi connectivity index (χ4v) is 3.49. The lowest BCUT2D eigenvalue weighted by atomic mass is 10.0. The number of carbonyl (C=O) groups excluding carboxylic acids is 2. The molecule has 1 aromatic carbocycles. The van der Waals surface area contributed by atoms with Gasteiger partial charge in [0.05, 0.1) is 25.8 Å². The Bertz CT molecular complexity index is 1140. The van der Waals surface area contributed by atoms with Crippen LogP contribution in [0, 0.1) is 0 Å². The van der Waals surface area contributed by atoms with Crippen LogP contribution in [0.25, 0.3) is 22.0 Å². The number of H-pyrrole nitrogens is 1. The number of rotatable bonds is 9. The number of carbonyl (C=O) groups is 2. The van der Waals surface area contributed by atoms with Crippen LogP contribution in [0.3, 0.4) is 0 Å². The summed E-state index contributed by atoms with van der Waals surface area (Å²) in [6.45, 7) is 2.29. The smallest absolute Gasteiger partial charge is 0.272 e. The predicted octanol–water partition coefficient (Wildman–Crippen LogP) is 1.03. The molecule has 1 aliphatic heterocycles. The number of fused-ring (bicyclic) bond motifs is 1. The number of pyridine rings is 1. The van der Waals surface area contributed by atoms with Gasteiger partial charge in [-0.15, -0.1) is 0 Å². The van der Waals surface area contributed by atoms with E-state index < -0.39 is 0 Å². The first kappa shape index (κ1) is 22.6. The van der Waals surface area contributed by atoms with Crippen molar-refractivity contribution in [3.63, 3.8) is 0 Å². The zero-order valence-electron chi connectivity index (χ0n) is 18.4. The Morgan fingerprint density at radius 3 is 2.88 bits per heavy atom. The highest BCUT2D eigenvalue weighted by Crippen LogP contribution is 2.27. The molecule has 1 saturated heterocycles. The minimum atomic E-state index is -0.374. The molecule has 1 aliphatic rings. The van der Waals surface area contributed by atoms with Gasteiger partial charge in [0.1, 0.15) is 5.56 Å². The van der Waals surface area contributed by atoms with E-state index in [0.717, 1.165) is 17.7 Å². The van der Waals surface area contributed by atoms with Crippen LogP contribution in [0.2, 0.25) is 0 Å². The van der Waals surface area contributed by atoms with Gasteiger partial charge in [-0.25, -0.2) is 4.98 Å². The average molecular weight is 454 g/mol. The number of amides is 2. The van der Waals surface area contributed by atoms with Crippen molar-refractivity contribution in [3.8, 4) is 17.0 Å². The molecular weight excluding hydrogens is 428 g/mol. The highest BCUT2D eigenvalue weighted by atomic mass is 16.7. The summed E-state index contributed by atoms with van der Waals surface area (Å²) in [6, 6.07) is 7.25. The van der Waals surface area contributed by atoms with Gasteiger partial charge < -0.3 is 24.8 Å². The number of aromatic nitrogens is 3. The molecule has 0 spiro atoms. The summed E-state index contributed by atoms with van der Waals surface area (Å²) < 4.78 is 16.1. The van der Waals surface area contributed by atoms with E-state index in [1.165, 1.54) is 7.11 Å². The van der Waals surface area contributed by atoms with E-state index in [0.29, 0.717) is 48.3 Å². The van der Waals surface area contributed by atoms with Crippen molar-refractivity contribution in [2.75, 3.05) is 40.5 Å². The fourth-order valence-electron chi connectivity index (χ4n) is 3.49. The van der Waals surface area contributed by atoms with Gasteiger partial charge in [-0.1, -0.05) is 6.07 Å². The molecule has 0 aliphatic carbocycles. The number of hydrogen-bond acceptors (Lipinski definition) is 8. The van der Waals surface area contributed by atoms with E-state index in [4.69, 9.17) is 14.2 Å². The Hall–Kier alpha value is -3.54. The number of benzene rings is 1. The normalized spacial score (nSPS) is 15.5. The number of ether oxygens (including phenoxy) is 3. The summed E-state index contributed by atoms with van der Waals surface area (Å²) in [5.74, 6) is -0.321. The molecule has 33 heavy (non-hydrogen) atoms. The minimum Gasteiger partial charge on any atom is -0.480 e. The molecule has 0 radical (unpaired) electrons. The first-order chi connectivity index (χ1) is 16.1. The van der Waals surface area contributed by atoms with E-state index in [1.807, 2.05) is 18.2 Å². The Labute approximate surface area is 190 Å². The van der Waals surface area contributed by atoms with Gasteiger partial charge >= 0.3 is 0 Å². The molecule has 0 bridgehead atoms. The van der Waals surface area contributed by atoms with Gasteiger partial charge in [0.15, 0.2) is 5.69 Å². The SMILES string of the molecule is CNC(=O)c1n[nH]c2cc(-c3cnc(OC)c(C(=O)NCCCOC4NCCO4)c3)ccc12. The molecule has 2 aromatic heterocycles. The summed E-state index contributed by atoms with van der Waals surface area (Å²) >= 11 is 0. The van der Waals surface area contributed by atoms with Crippen molar-refractivity contribution in [3.05, 3.63) is 41.7 Å². The van der Waals surface area contributed by atoms with Gasteiger partial charge in [-0.2, -0.15) is 5.10 Å². The maximum atomic E-state index is 12.8. The number of aromatic amines is 1. The molecule has 1 fully saturated rings. The van der Waals surface area contributed by atoms with Gasteiger partial charge in [0, 0.05) is 37.3 Å². The molecule has 1 unspecified atom stereocenters. The number of nitrogens with zero attached hydrogens (tertiary/aromatic N) is 2. The molecule has 11 nitrogen and oxygen atoms in total. The third-order valence-corrected chi connectivity index (χ3v) is 5.19. The van der Waals surface area contributed by atoms with E-state index in [9.17, 15) is 9.59 Å². The molecule has 11 heteroatoms. The molecule has 1 atom stereocenters. The molecule has 0 saturated carbocycles. The second-order valence-electron chi connectivity index (χ2n) is 7.33. The molecule has 4 N–H and O–H groups in total. The molecular formula is C22H26N6O5. The molecule has 174 valence electrons. The van der Waals surface area contributed by atoms with Gasteiger partial charge in [-0.05, 0) is 30.2 Å². The molecule has 4 rings (SSSR count). The number of hydrogen-bond donors (Lipinski definition) is 4. The number of nitrogens with one attached hydrogen (secondary N) is 4. The van der Waals surface area contributed by atoms with Crippen molar-refractivity contribution >= 4 is 22.7 Å². The highest BCUT2D eigenvalue weighted by molar-refractivity contribution is 6.05. The zero-order valence-corrected chi connectivity index (χ0v) is 18.4. The third kappa shape index (κ3) is 5.11. The van der Waals surface area contributed by atoms with Gasteiger partial charge in [0.2, 0.25) is 12.3 Å². The maximum absolute atomic E-state index is 12.8. The van der Waals surface area contributed by atoms with Crippen molar-refractivity contribution in [2.45, 2.75) is 12.8 Å². The minimum absolute atomic E-state index is 0.237. The van der Waals surface area contributed by atoms with E-state index in [1.54, 1.807) is 19.3 Å². The fraction of sp³-hybridized carbons (Fsp3) is 0.364. The quantitative estimate of drug-likeness (QED) is 0.352. The predicted molar refractivity (Wildman–Crippen MR) is 120 cm³/mol. The Morgan fingerprint density at radius 2 is 2.12 bits per heavy atom. The second-order valence-corrected chi connectivity index (χ2v) is 7.33. The first-order valence-corrected chi connectivity index (χ1v) is 10.6. The Balaban J connectivity index is 1.45. The van der Waals surface area contributed by atoms with Crippen molar-refractivity contribution in [2.24, 2.45) is 0 Å². The Kier molecular flexibility index (Phi) is 7.13. The van der Waals surface area contributed by atoms with Crippen LogP contribution in [0.4, 0.5) is 0 Å². The van der Waals surface area contributed by atoms with Crippen LogP contribution < -0.4 is 20.7 Å². The second kappa shape index (κ2) is 10.4. The standard InChI is InChI=1S/C22H26N6O5/c1-23-20(30)18-15-5-4-13(11-17(15)27-28-18)14-10-16(21(31-2)26-12-14)19(29)24-6-3-8-32-22-25-7-9-33-22/h4-5,10-12,22,25H,3,6-9H2,1-2H3,(H,23,30)(H,24,29)(H,27,28). The maximum Gasteiger partial charge on any atom is 0.272 e. The van der Waals surface area contributed by atoms with E-state index in [2.05, 4.69) is 31.1 Å². The van der Waals surface area contributed by atoms with Crippen molar-refractivity contribution in [1.82, 2.24) is 31.1 Å². The van der Waals surface area contributed by atoms with Crippen molar-refractivity contribution < 1.29 is 23.8 Å². The zero-order chi connectivity index (χ0) is 23.2. The summed E-state index contributed by atoms with van der Waals surface area (Å²) in [6.07, 6.45) is 1.89. The Morgan fingerprint density at radius 1 is 1.24 bits per heavy atom. The highest BCUT2D eigenvalue weighted by Gasteiger charge is 2.18. The molecule has 3 heterocycles. The van der Waals surface area contributed by atoms with Crippen LogP contribution in [0.5, 0.6) is 5.88 Å². The lowest BCUT2D eigenvalue weighted by molar-refractivity contribution is -0.122. The lowest BCUT2D eigenvalue weighted by Crippen LogP contribution is -2.29. The van der Waals surface area contributed by atoms with Crippen LogP contribution in [-0.4, -0.2) is 73.9 Å². The largest absolute Gasteiger partial charge is 0.480 e. The van der Waals surface area contributed by atoms with E-state index >= 15 is 0 Å². The van der Waals surface area contributed by atoms with Crippen LogP contribution in [0.1, 0.15) is 27.3 Å². The van der Waals surface area contributed by atoms with Crippen LogP contribution in [0.15, 0.2) is 30.5 Å². The monoisotopic (exact) mass is 454 g/mol. The summed E-state index contributed by atoms with van der Waals surface area (Å²) in [7, 11) is 3.03. The summed E-state index contributed by atoms with van der Waals surface area (Å²) in [5.41, 5.74) is 2.90. The molecule has 3 aromatic rings. The van der Waals surface area contributed by atoms with Gasteiger partial charge in [0.25, 0.3) is 11.8 Å². The van der Waals surface area contributed by atoms with Crippen molar-refractivity contribution in [1.29, 1.82) is 0 Å². The number of methoxy groups -OCH3 is 1. The van der Waals surface area contributed by atoms with Gasteiger partial charge in [-0.3, -0.25) is 20.0 Å². The summed E-state index contributed by atoms with van der Waals surface area (Å²) in [4.78, 5) is 29.0. The topological polar surface area (TPSA) is 139 Å². The molecule has 2 amide bonds. The van der Waals surface area contributed by atoms with E-state index in [-0.39, 0.29) is 24.1 Å². The first-order valence-electron chi connectivity index (χ1n) is 10.6. The average Bonchev–Trinajstić information content (AvgIpc) is 3.52. The summed E-state index contributed by atoms with van der Waals surface area (Å²) in [5, 5.41) is 16.2. The van der Waals surface area contributed by atoms with Crippen LogP contribution in [-0.2, 0) is 9.47 Å². The lowest BCUT2D eigenvalue weighted by Gasteiger charge is -2.12. The van der Waals surface area contributed by atoms with Crippen LogP contribution >= 0.6 is 0 Å².